The van der Waals surface area contributed by atoms with Gasteiger partial charge < -0.3 is 0 Å². The molecule has 1 aliphatic carbocycles. The maximum atomic E-state index is 6.12. The highest BCUT2D eigenvalue weighted by molar-refractivity contribution is 6.33. The Morgan fingerprint density at radius 1 is 1.38 bits per heavy atom. The Morgan fingerprint density at radius 2 is 2.23 bits per heavy atom. The van der Waals surface area contributed by atoms with Crippen LogP contribution in [0, 0.1) is 0 Å². The zero-order chi connectivity index (χ0) is 8.84. The molecule has 2 nitrogen and oxygen atoms in total. The van der Waals surface area contributed by atoms with Gasteiger partial charge in [-0.05, 0) is 18.9 Å². The summed E-state index contributed by atoms with van der Waals surface area (Å²) in [6, 6.07) is 2.00. The van der Waals surface area contributed by atoms with Crippen molar-refractivity contribution in [3.8, 4) is 0 Å². The van der Waals surface area contributed by atoms with Gasteiger partial charge in [0, 0.05) is 23.4 Å². The van der Waals surface area contributed by atoms with E-state index in [1.165, 1.54) is 12.8 Å². The predicted octanol–water partition coefficient (Wildman–Crippen LogP) is 2.54. The van der Waals surface area contributed by atoms with Gasteiger partial charge >= 0.3 is 0 Å². The highest BCUT2D eigenvalue weighted by Crippen LogP contribution is 2.40. The minimum Gasteiger partial charge on any atom is -0.286 e. The van der Waals surface area contributed by atoms with Gasteiger partial charge in [0.15, 0.2) is 0 Å². The topological polar surface area (TPSA) is 25.2 Å². The van der Waals surface area contributed by atoms with Crippen molar-refractivity contribution < 1.29 is 0 Å². The van der Waals surface area contributed by atoms with Crippen LogP contribution in [0.25, 0.3) is 0 Å². The van der Waals surface area contributed by atoms with E-state index in [0.717, 1.165) is 22.0 Å². The largest absolute Gasteiger partial charge is 0.286 e. The highest BCUT2D eigenvalue weighted by Gasteiger charge is 2.27. The van der Waals surface area contributed by atoms with Crippen molar-refractivity contribution in [1.82, 2.24) is 4.98 Å². The van der Waals surface area contributed by atoms with Gasteiger partial charge in [-0.3, -0.25) is 9.98 Å². The summed E-state index contributed by atoms with van der Waals surface area (Å²) in [6.45, 7) is 0.704. The van der Waals surface area contributed by atoms with Gasteiger partial charge in [0.05, 0.1) is 17.3 Å². The lowest BCUT2D eigenvalue weighted by atomic mass is 10.2. The Bertz CT molecular complexity index is 394. The molecule has 0 atom stereocenters. The average Bonchev–Trinajstić information content (AvgIpc) is 2.85. The molecule has 0 aromatic carbocycles. The molecule has 1 fully saturated rings. The molecule has 0 amide bonds. The summed E-state index contributed by atoms with van der Waals surface area (Å²) < 4.78 is 0. The normalized spacial score (nSPS) is 19.2. The van der Waals surface area contributed by atoms with Crippen LogP contribution in [0.5, 0.6) is 0 Å². The molecule has 0 saturated heterocycles. The summed E-state index contributed by atoms with van der Waals surface area (Å²) in [6.07, 6.45) is 4.35. The van der Waals surface area contributed by atoms with Crippen LogP contribution in [-0.4, -0.2) is 11.2 Å². The second-order valence-corrected chi connectivity index (χ2v) is 4.04. The van der Waals surface area contributed by atoms with Crippen molar-refractivity contribution in [2.45, 2.75) is 25.3 Å². The van der Waals surface area contributed by atoms with Crippen LogP contribution in [0.4, 0.5) is 0 Å². The molecule has 0 N–H and O–H groups in total. The fourth-order valence-corrected chi connectivity index (χ4v) is 1.93. The van der Waals surface area contributed by atoms with Crippen LogP contribution in [0.15, 0.2) is 11.1 Å². The quantitative estimate of drug-likeness (QED) is 0.672. The number of nitrogens with zero attached hydrogens (tertiary/aromatic N) is 2. The first-order valence-electron chi connectivity index (χ1n) is 4.54. The number of fused-ring (bicyclic) bond motifs is 1. The number of hydrogen-bond donors (Lipinski definition) is 0. The van der Waals surface area contributed by atoms with Crippen LogP contribution in [0.3, 0.4) is 0 Å². The molecule has 0 unspecified atom stereocenters. The van der Waals surface area contributed by atoms with Crippen LogP contribution >= 0.6 is 11.6 Å². The Morgan fingerprint density at radius 3 is 3.00 bits per heavy atom. The first kappa shape index (κ1) is 7.51. The van der Waals surface area contributed by atoms with E-state index in [1.807, 2.05) is 12.3 Å². The number of halogens is 1. The van der Waals surface area contributed by atoms with Crippen molar-refractivity contribution >= 4 is 17.8 Å². The summed E-state index contributed by atoms with van der Waals surface area (Å²) in [5, 5.41) is 0.813. The minimum absolute atomic E-state index is 0.670. The van der Waals surface area contributed by atoms with Gasteiger partial charge in [-0.2, -0.15) is 0 Å². The van der Waals surface area contributed by atoms with E-state index in [2.05, 4.69) is 9.98 Å². The zero-order valence-electron chi connectivity index (χ0n) is 7.13. The van der Waals surface area contributed by atoms with Gasteiger partial charge in [0.1, 0.15) is 0 Å². The number of pyridine rings is 1. The molecule has 1 aromatic heterocycles. The van der Waals surface area contributed by atoms with E-state index < -0.39 is 0 Å². The van der Waals surface area contributed by atoms with Gasteiger partial charge in [-0.15, -0.1) is 0 Å². The van der Waals surface area contributed by atoms with Crippen LogP contribution in [-0.2, 0) is 6.54 Å². The van der Waals surface area contributed by atoms with E-state index in [0.29, 0.717) is 12.5 Å². The highest BCUT2D eigenvalue weighted by atomic mass is 35.5. The third-order valence-electron chi connectivity index (χ3n) is 2.56. The molecule has 3 heteroatoms. The molecule has 1 aromatic rings. The Kier molecular flexibility index (Phi) is 1.47. The summed E-state index contributed by atoms with van der Waals surface area (Å²) in [5.41, 5.74) is 3.23. The molecular formula is C10H9ClN2. The summed E-state index contributed by atoms with van der Waals surface area (Å²) in [4.78, 5) is 8.73. The number of aromatic nitrogens is 1. The maximum absolute atomic E-state index is 6.12. The lowest BCUT2D eigenvalue weighted by molar-refractivity contribution is 0.945. The first-order valence-corrected chi connectivity index (χ1v) is 4.91. The Labute approximate surface area is 81.7 Å². The fraction of sp³-hybridized carbons (Fsp3) is 0.400. The standard InChI is InChI=1S/C10H9ClN2/c11-8-3-9(6-1-2-6)13-10-5-12-4-7(8)10/h3-4,6H,1-2,5H2. The van der Waals surface area contributed by atoms with Crippen molar-refractivity contribution in [1.29, 1.82) is 0 Å². The molecular weight excluding hydrogens is 184 g/mol. The second kappa shape index (κ2) is 2.55. The third kappa shape index (κ3) is 1.17. The molecule has 0 bridgehead atoms. The Balaban J connectivity index is 2.13. The minimum atomic E-state index is 0.670. The molecule has 66 valence electrons. The molecule has 3 rings (SSSR count). The van der Waals surface area contributed by atoms with Crippen molar-refractivity contribution in [3.63, 3.8) is 0 Å². The van der Waals surface area contributed by atoms with Crippen LogP contribution in [0.2, 0.25) is 5.02 Å². The molecule has 0 radical (unpaired) electrons. The van der Waals surface area contributed by atoms with E-state index in [9.17, 15) is 0 Å². The summed E-state index contributed by atoms with van der Waals surface area (Å²) >= 11 is 6.12. The number of rotatable bonds is 1. The van der Waals surface area contributed by atoms with E-state index in [4.69, 9.17) is 11.6 Å². The lowest BCUT2D eigenvalue weighted by Crippen LogP contribution is -1.95. The predicted molar refractivity (Wildman–Crippen MR) is 52.5 cm³/mol. The van der Waals surface area contributed by atoms with Crippen molar-refractivity contribution in [2.75, 3.05) is 0 Å². The molecule has 2 aliphatic rings. The molecule has 0 spiro atoms. The zero-order valence-corrected chi connectivity index (χ0v) is 7.88. The summed E-state index contributed by atoms with van der Waals surface area (Å²) in [7, 11) is 0. The molecule has 13 heavy (non-hydrogen) atoms. The van der Waals surface area contributed by atoms with E-state index in [1.54, 1.807) is 0 Å². The van der Waals surface area contributed by atoms with E-state index in [-0.39, 0.29) is 0 Å². The van der Waals surface area contributed by atoms with E-state index >= 15 is 0 Å². The lowest BCUT2D eigenvalue weighted by Gasteiger charge is -2.03. The van der Waals surface area contributed by atoms with Gasteiger partial charge in [-0.25, -0.2) is 0 Å². The second-order valence-electron chi connectivity index (χ2n) is 3.63. The molecule has 1 saturated carbocycles. The van der Waals surface area contributed by atoms with Crippen molar-refractivity contribution in [2.24, 2.45) is 4.99 Å². The van der Waals surface area contributed by atoms with Crippen molar-refractivity contribution in [3.05, 3.63) is 28.0 Å². The van der Waals surface area contributed by atoms with Gasteiger partial charge in [-0.1, -0.05) is 11.6 Å². The average molecular weight is 193 g/mol. The number of aliphatic imine (C=N–C) groups is 1. The number of hydrogen-bond acceptors (Lipinski definition) is 2. The molecule has 1 aliphatic heterocycles. The maximum Gasteiger partial charge on any atom is 0.0819 e. The van der Waals surface area contributed by atoms with Crippen LogP contribution in [0.1, 0.15) is 35.7 Å². The van der Waals surface area contributed by atoms with Crippen LogP contribution < -0.4 is 0 Å². The molecule has 2 heterocycles. The smallest absolute Gasteiger partial charge is 0.0819 e. The third-order valence-corrected chi connectivity index (χ3v) is 2.88. The van der Waals surface area contributed by atoms with Gasteiger partial charge in [0.25, 0.3) is 0 Å². The first-order chi connectivity index (χ1) is 6.34. The monoisotopic (exact) mass is 192 g/mol. The SMILES string of the molecule is Clc1cc(C2CC2)nc2c1C=NC2. The summed E-state index contributed by atoms with van der Waals surface area (Å²) in [5.74, 6) is 0.670. The Hall–Kier alpha value is -0.890. The fourth-order valence-electron chi connectivity index (χ4n) is 1.66. The van der Waals surface area contributed by atoms with Gasteiger partial charge in [0.2, 0.25) is 0 Å².